The third-order valence-corrected chi connectivity index (χ3v) is 6.48. The molecule has 1 unspecified atom stereocenters. The van der Waals surface area contributed by atoms with Gasteiger partial charge in [-0.1, -0.05) is 42.5 Å². The van der Waals surface area contributed by atoms with Gasteiger partial charge in [0, 0.05) is 24.9 Å². The summed E-state index contributed by atoms with van der Waals surface area (Å²) in [6, 6.07) is 19.6. The van der Waals surface area contributed by atoms with Crippen LogP contribution in [0.3, 0.4) is 0 Å². The van der Waals surface area contributed by atoms with Crippen molar-refractivity contribution >= 4 is 11.0 Å². The average molecular weight is 452 g/mol. The van der Waals surface area contributed by atoms with Gasteiger partial charge in [-0.3, -0.25) is 0 Å². The summed E-state index contributed by atoms with van der Waals surface area (Å²) < 4.78 is 3.82. The fourth-order valence-electron chi connectivity index (χ4n) is 4.74. The van der Waals surface area contributed by atoms with E-state index in [1.807, 2.05) is 62.4 Å². The van der Waals surface area contributed by atoms with E-state index in [1.165, 1.54) is 0 Å². The molecule has 8 nitrogen and oxygen atoms in total. The van der Waals surface area contributed by atoms with Crippen LogP contribution in [0, 0.1) is 13.8 Å². The molecule has 1 fully saturated rings. The first kappa shape index (κ1) is 20.7. The number of hydrogen-bond acceptors (Lipinski definition) is 6. The predicted octanol–water partition coefficient (Wildman–Crippen LogP) is 3.91. The normalized spacial score (nSPS) is 18.4. The Morgan fingerprint density at radius 2 is 1.65 bits per heavy atom. The molecule has 0 radical (unpaired) electrons. The number of benzene rings is 2. The van der Waals surface area contributed by atoms with Crippen LogP contribution in [0.1, 0.15) is 58.9 Å². The molecule has 2 aromatic carbocycles. The van der Waals surface area contributed by atoms with Gasteiger partial charge in [0.1, 0.15) is 23.6 Å². The Bertz CT molecular complexity index is 1500. The summed E-state index contributed by atoms with van der Waals surface area (Å²) >= 11 is 0. The number of rotatable bonds is 5. The van der Waals surface area contributed by atoms with Crippen LogP contribution in [0.15, 0.2) is 60.7 Å². The molecule has 0 amide bonds. The van der Waals surface area contributed by atoms with E-state index in [9.17, 15) is 5.11 Å². The van der Waals surface area contributed by atoms with Crippen molar-refractivity contribution in [1.29, 1.82) is 0 Å². The van der Waals surface area contributed by atoms with Gasteiger partial charge in [0.05, 0.1) is 16.7 Å². The second-order valence-corrected chi connectivity index (χ2v) is 8.91. The maximum absolute atomic E-state index is 11.0. The Hall–Kier alpha value is -3.91. The van der Waals surface area contributed by atoms with Crippen LogP contribution >= 0.6 is 0 Å². The Balaban J connectivity index is 1.35. The maximum atomic E-state index is 11.0. The molecule has 6 rings (SSSR count). The average Bonchev–Trinajstić information content (AvgIpc) is 3.44. The van der Waals surface area contributed by atoms with Crippen LogP contribution < -0.4 is 0 Å². The van der Waals surface area contributed by atoms with Crippen molar-refractivity contribution in [3.8, 4) is 5.82 Å². The third-order valence-electron chi connectivity index (χ3n) is 6.48. The number of para-hydroxylation sites is 2. The number of aryl methyl sites for hydroxylation is 3. The Morgan fingerprint density at radius 3 is 2.44 bits per heavy atom. The molecule has 0 spiro atoms. The Labute approximate surface area is 197 Å². The fourth-order valence-corrected chi connectivity index (χ4v) is 4.74. The summed E-state index contributed by atoms with van der Waals surface area (Å²) in [4.78, 5) is 18.8. The number of aliphatic hydroxyl groups is 1. The number of hydrogen-bond donors (Lipinski definition) is 1. The molecule has 3 atom stereocenters. The van der Waals surface area contributed by atoms with Gasteiger partial charge < -0.3 is 9.67 Å². The van der Waals surface area contributed by atoms with Crippen molar-refractivity contribution in [2.45, 2.75) is 38.2 Å². The zero-order chi connectivity index (χ0) is 23.4. The molecule has 34 heavy (non-hydrogen) atoms. The number of nitrogens with zero attached hydrogens (tertiary/aromatic N) is 7. The van der Waals surface area contributed by atoms with E-state index in [4.69, 9.17) is 9.97 Å². The van der Waals surface area contributed by atoms with Gasteiger partial charge in [0.15, 0.2) is 11.6 Å². The van der Waals surface area contributed by atoms with Crippen LogP contribution in [0.5, 0.6) is 0 Å². The third kappa shape index (κ3) is 3.47. The SMILES string of the molecule is Cc1nc([C@@H]2C[C@H]2c2nc3ccccc3n2C)cc(-n2nc(C)nc2C(O)c2ccccc2)n1. The molecule has 3 aromatic heterocycles. The minimum Gasteiger partial charge on any atom is -0.380 e. The highest BCUT2D eigenvalue weighted by atomic mass is 16.3. The molecule has 1 N–H and O–H groups in total. The summed E-state index contributed by atoms with van der Waals surface area (Å²) in [5, 5.41) is 15.6. The lowest BCUT2D eigenvalue weighted by atomic mass is 10.1. The Kier molecular flexibility index (Phi) is 4.77. The van der Waals surface area contributed by atoms with Gasteiger partial charge in [0.2, 0.25) is 0 Å². The highest BCUT2D eigenvalue weighted by Gasteiger charge is 2.44. The minimum atomic E-state index is -0.908. The number of aromatic nitrogens is 7. The van der Waals surface area contributed by atoms with Crippen molar-refractivity contribution in [1.82, 2.24) is 34.3 Å². The monoisotopic (exact) mass is 451 g/mol. The van der Waals surface area contributed by atoms with E-state index in [0.717, 1.165) is 34.5 Å². The van der Waals surface area contributed by atoms with Gasteiger partial charge in [-0.05, 0) is 38.0 Å². The maximum Gasteiger partial charge on any atom is 0.167 e. The minimum absolute atomic E-state index is 0.267. The van der Waals surface area contributed by atoms with Gasteiger partial charge in [-0.15, -0.1) is 5.10 Å². The van der Waals surface area contributed by atoms with Gasteiger partial charge in [0.25, 0.3) is 0 Å². The van der Waals surface area contributed by atoms with E-state index in [2.05, 4.69) is 38.8 Å². The molecule has 1 aliphatic rings. The van der Waals surface area contributed by atoms with Crippen molar-refractivity contribution in [3.05, 3.63) is 95.2 Å². The van der Waals surface area contributed by atoms with Crippen LogP contribution in [0.4, 0.5) is 0 Å². The molecule has 0 aliphatic heterocycles. The highest BCUT2D eigenvalue weighted by Crippen LogP contribution is 2.54. The number of aliphatic hydroxyl groups excluding tert-OH is 1. The summed E-state index contributed by atoms with van der Waals surface area (Å²) in [7, 11) is 2.08. The van der Waals surface area contributed by atoms with Crippen LogP contribution in [0.2, 0.25) is 0 Å². The first-order chi connectivity index (χ1) is 16.5. The topological polar surface area (TPSA) is 94.5 Å². The summed E-state index contributed by atoms with van der Waals surface area (Å²) in [6.45, 7) is 3.70. The van der Waals surface area contributed by atoms with Crippen LogP contribution in [0.25, 0.3) is 16.9 Å². The molecular weight excluding hydrogens is 426 g/mol. The largest absolute Gasteiger partial charge is 0.380 e. The smallest absolute Gasteiger partial charge is 0.167 e. The van der Waals surface area contributed by atoms with Gasteiger partial charge in [-0.2, -0.15) is 4.68 Å². The van der Waals surface area contributed by atoms with E-state index in [0.29, 0.717) is 29.2 Å². The van der Waals surface area contributed by atoms with E-state index in [1.54, 1.807) is 4.68 Å². The quantitative estimate of drug-likeness (QED) is 0.435. The van der Waals surface area contributed by atoms with Crippen molar-refractivity contribution < 1.29 is 5.11 Å². The molecule has 1 saturated carbocycles. The molecule has 5 aromatic rings. The highest BCUT2D eigenvalue weighted by molar-refractivity contribution is 5.76. The number of imidazole rings is 1. The zero-order valence-corrected chi connectivity index (χ0v) is 19.3. The molecule has 1 aliphatic carbocycles. The molecule has 3 heterocycles. The lowest BCUT2D eigenvalue weighted by molar-refractivity contribution is 0.206. The first-order valence-electron chi connectivity index (χ1n) is 11.4. The van der Waals surface area contributed by atoms with Crippen LogP contribution in [-0.4, -0.2) is 39.4 Å². The predicted molar refractivity (Wildman–Crippen MR) is 128 cm³/mol. The molecule has 8 heteroatoms. The fraction of sp³-hybridized carbons (Fsp3) is 0.269. The van der Waals surface area contributed by atoms with Crippen molar-refractivity contribution in [2.24, 2.45) is 7.05 Å². The molecule has 170 valence electrons. The van der Waals surface area contributed by atoms with Crippen molar-refractivity contribution in [2.75, 3.05) is 0 Å². The second kappa shape index (κ2) is 7.85. The standard InChI is InChI=1S/C26H25N7O/c1-15-27-21(18-13-19(18)25-30-20-11-7-8-12-22(20)32(25)3)14-23(28-15)33-26(29-16(2)31-33)24(34)17-9-5-4-6-10-17/h4-12,14,18-19,24,34H,13H2,1-3H3/t18-,19-,24?/m1/s1. The number of fused-ring (bicyclic) bond motifs is 1. The summed E-state index contributed by atoms with van der Waals surface area (Å²) in [5.41, 5.74) is 3.88. The summed E-state index contributed by atoms with van der Waals surface area (Å²) in [6.07, 6.45) is 0.0814. The lowest BCUT2D eigenvalue weighted by Crippen LogP contribution is -2.12. The van der Waals surface area contributed by atoms with Gasteiger partial charge in [-0.25, -0.2) is 19.9 Å². The summed E-state index contributed by atoms with van der Waals surface area (Å²) in [5.74, 6) is 3.96. The Morgan fingerprint density at radius 1 is 0.882 bits per heavy atom. The second-order valence-electron chi connectivity index (χ2n) is 8.91. The lowest BCUT2D eigenvalue weighted by Gasteiger charge is -2.13. The van der Waals surface area contributed by atoms with Crippen molar-refractivity contribution in [3.63, 3.8) is 0 Å². The van der Waals surface area contributed by atoms with E-state index in [-0.39, 0.29) is 5.92 Å². The zero-order valence-electron chi connectivity index (χ0n) is 19.3. The first-order valence-corrected chi connectivity index (χ1v) is 11.4. The molecule has 0 bridgehead atoms. The van der Waals surface area contributed by atoms with Gasteiger partial charge >= 0.3 is 0 Å². The van der Waals surface area contributed by atoms with E-state index < -0.39 is 6.10 Å². The van der Waals surface area contributed by atoms with Crippen LogP contribution in [-0.2, 0) is 7.05 Å². The van der Waals surface area contributed by atoms with E-state index >= 15 is 0 Å². The molecule has 0 saturated heterocycles. The molecular formula is C26H25N7O.